The molecule has 0 bridgehead atoms. The summed E-state index contributed by atoms with van der Waals surface area (Å²) in [4.78, 5) is -0.266. The Kier molecular flexibility index (Phi) is 6.98. The number of benzene rings is 3. The van der Waals surface area contributed by atoms with Crippen molar-refractivity contribution in [3.8, 4) is 11.5 Å². The molecule has 3 aromatic rings. The van der Waals surface area contributed by atoms with Crippen molar-refractivity contribution in [1.82, 2.24) is 0 Å². The number of fused-ring (bicyclic) bond motifs is 1. The van der Waals surface area contributed by atoms with Crippen molar-refractivity contribution in [2.24, 2.45) is 0 Å². The van der Waals surface area contributed by atoms with Crippen LogP contribution in [0.1, 0.15) is 5.56 Å². The summed E-state index contributed by atoms with van der Waals surface area (Å²) in [5, 5.41) is 0.453. The summed E-state index contributed by atoms with van der Waals surface area (Å²) in [5.74, 6) is 0.0888. The Bertz CT molecular complexity index is 1130. The van der Waals surface area contributed by atoms with Crippen molar-refractivity contribution in [2.75, 3.05) is 0 Å². The first-order chi connectivity index (χ1) is 12.4. The predicted octanol–water partition coefficient (Wildman–Crippen LogP) is 5.56. The molecule has 3 rings (SSSR count). The minimum absolute atomic E-state index is 0. The topological polar surface area (TPSA) is 63.6 Å². The van der Waals surface area contributed by atoms with Gasteiger partial charge in [-0.15, -0.1) is 0 Å². The van der Waals surface area contributed by atoms with E-state index in [2.05, 4.69) is 0 Å². The molecule has 0 spiro atoms. The van der Waals surface area contributed by atoms with Gasteiger partial charge in [-0.3, -0.25) is 4.55 Å². The molecule has 0 unspecified atom stereocenters. The maximum atomic E-state index is 12.8. The van der Waals surface area contributed by atoms with E-state index >= 15 is 0 Å². The summed E-state index contributed by atoms with van der Waals surface area (Å²) in [6.45, 7) is 0. The van der Waals surface area contributed by atoms with Crippen LogP contribution in [-0.4, -0.2) is 42.5 Å². The van der Waals surface area contributed by atoms with Crippen LogP contribution in [0.3, 0.4) is 0 Å². The molecule has 1 N–H and O–H groups in total. The van der Waals surface area contributed by atoms with E-state index in [0.29, 0.717) is 22.9 Å². The summed E-state index contributed by atoms with van der Waals surface area (Å²) in [6.07, 6.45) is -4.60. The van der Waals surface area contributed by atoms with Gasteiger partial charge in [-0.05, 0) is 47.2 Å². The van der Waals surface area contributed by atoms with E-state index in [1.54, 1.807) is 0 Å². The van der Waals surface area contributed by atoms with Gasteiger partial charge in [0.05, 0.1) is 20.5 Å². The van der Waals surface area contributed by atoms with Crippen LogP contribution in [0.15, 0.2) is 53.4 Å². The maximum absolute atomic E-state index is 12.8. The molecule has 0 fully saturated rings. The number of halogens is 5. The quantitative estimate of drug-likeness (QED) is 0.410. The van der Waals surface area contributed by atoms with Crippen LogP contribution in [0.2, 0.25) is 10.0 Å². The molecule has 3 aromatic carbocycles. The van der Waals surface area contributed by atoms with E-state index in [0.717, 1.165) is 0 Å². The Morgan fingerprint density at radius 2 is 1.43 bits per heavy atom. The summed E-state index contributed by atoms with van der Waals surface area (Å²) in [6, 6.07) is 9.84. The Hall–Kier alpha value is -1.000. The fraction of sp³-hybridized carbons (Fsp3) is 0.0588. The molecule has 0 radical (unpaired) electrons. The zero-order chi connectivity index (χ0) is 20.0. The van der Waals surface area contributed by atoms with Gasteiger partial charge in [-0.2, -0.15) is 21.6 Å². The molecule has 0 atom stereocenters. The van der Waals surface area contributed by atoms with Crippen LogP contribution >= 0.6 is 23.2 Å². The van der Waals surface area contributed by atoms with E-state index < -0.39 is 21.9 Å². The van der Waals surface area contributed by atoms with E-state index in [1.807, 2.05) is 0 Å². The van der Waals surface area contributed by atoms with E-state index in [4.69, 9.17) is 32.5 Å². The second kappa shape index (κ2) is 8.39. The van der Waals surface area contributed by atoms with Crippen LogP contribution in [0, 0.1) is 0 Å². The molecule has 0 aliphatic carbocycles. The van der Waals surface area contributed by atoms with Crippen LogP contribution in [0.25, 0.3) is 10.8 Å². The van der Waals surface area contributed by atoms with Crippen molar-refractivity contribution in [2.45, 2.75) is 11.1 Å². The molecule has 11 heteroatoms. The number of hydrogen-bond donors (Lipinski definition) is 1. The molecule has 0 saturated carbocycles. The van der Waals surface area contributed by atoms with Gasteiger partial charge in [0.25, 0.3) is 10.1 Å². The van der Waals surface area contributed by atoms with Crippen molar-refractivity contribution >= 4 is 73.6 Å². The molecular formula is C17H10Cl2F3NaO4S. The summed E-state index contributed by atoms with van der Waals surface area (Å²) in [5.41, 5.74) is -0.999. The molecule has 0 aliphatic rings. The van der Waals surface area contributed by atoms with Gasteiger partial charge in [-0.1, -0.05) is 35.3 Å². The Labute approximate surface area is 190 Å². The van der Waals surface area contributed by atoms with E-state index in [1.165, 1.54) is 36.4 Å². The SMILES string of the molecule is O=S(=O)(O)c1ccc2cc(Oc3c(Cl)cc(C(F)(F)F)cc3Cl)ccc2c1.[NaH]. The zero-order valence-corrected chi connectivity index (χ0v) is 15.4. The van der Waals surface area contributed by atoms with Crippen molar-refractivity contribution < 1.29 is 30.9 Å². The first kappa shape index (κ1) is 23.3. The van der Waals surface area contributed by atoms with Crippen molar-refractivity contribution in [1.29, 1.82) is 0 Å². The summed E-state index contributed by atoms with van der Waals surface area (Å²) >= 11 is 11.8. The molecule has 0 amide bonds. The molecule has 28 heavy (non-hydrogen) atoms. The van der Waals surface area contributed by atoms with Gasteiger partial charge in [0.15, 0.2) is 5.75 Å². The van der Waals surface area contributed by atoms with Crippen LogP contribution < -0.4 is 4.74 Å². The van der Waals surface area contributed by atoms with Gasteiger partial charge < -0.3 is 4.74 Å². The average Bonchev–Trinajstić information content (AvgIpc) is 2.55. The zero-order valence-electron chi connectivity index (χ0n) is 13.1. The van der Waals surface area contributed by atoms with Gasteiger partial charge in [0.1, 0.15) is 5.75 Å². The Morgan fingerprint density at radius 3 is 1.96 bits per heavy atom. The molecule has 0 aliphatic heterocycles. The fourth-order valence-corrected chi connectivity index (χ4v) is 3.44. The van der Waals surface area contributed by atoms with Gasteiger partial charge in [0, 0.05) is 0 Å². The van der Waals surface area contributed by atoms with Crippen molar-refractivity contribution in [3.63, 3.8) is 0 Å². The first-order valence-electron chi connectivity index (χ1n) is 7.20. The average molecular weight is 461 g/mol. The number of alkyl halides is 3. The van der Waals surface area contributed by atoms with E-state index in [-0.39, 0.29) is 56.0 Å². The van der Waals surface area contributed by atoms with Crippen LogP contribution in [-0.2, 0) is 16.3 Å². The van der Waals surface area contributed by atoms with Gasteiger partial charge >= 0.3 is 35.7 Å². The van der Waals surface area contributed by atoms with Crippen LogP contribution in [0.4, 0.5) is 13.2 Å². The molecule has 0 heterocycles. The third-order valence-electron chi connectivity index (χ3n) is 3.63. The monoisotopic (exact) mass is 460 g/mol. The summed E-state index contributed by atoms with van der Waals surface area (Å²) in [7, 11) is -4.34. The summed E-state index contributed by atoms with van der Waals surface area (Å²) < 4.78 is 75.3. The second-order valence-corrected chi connectivity index (χ2v) is 7.75. The number of ether oxygens (including phenoxy) is 1. The molecule has 0 aromatic heterocycles. The second-order valence-electron chi connectivity index (χ2n) is 5.51. The standard InChI is InChI=1S/C17H9Cl2F3O4S.Na.H/c18-14-7-11(17(20,21)22)8-15(19)16(14)26-12-3-1-10-6-13(27(23,24)25)4-2-9(10)5-12;;/h1-8H,(H,23,24,25);;. The molecular weight excluding hydrogens is 451 g/mol. The Balaban J connectivity index is 0.00000280. The first-order valence-corrected chi connectivity index (χ1v) is 9.40. The van der Waals surface area contributed by atoms with Crippen molar-refractivity contribution in [3.05, 3.63) is 64.1 Å². The normalized spacial score (nSPS) is 11.9. The molecule has 0 saturated heterocycles. The molecule has 144 valence electrons. The predicted molar refractivity (Wildman–Crippen MR) is 102 cm³/mol. The Morgan fingerprint density at radius 1 is 0.893 bits per heavy atom. The van der Waals surface area contributed by atoms with Gasteiger partial charge in [0.2, 0.25) is 0 Å². The third-order valence-corrected chi connectivity index (χ3v) is 5.04. The van der Waals surface area contributed by atoms with E-state index in [9.17, 15) is 21.6 Å². The minimum atomic E-state index is -4.60. The molecule has 4 nitrogen and oxygen atoms in total. The number of rotatable bonds is 3. The van der Waals surface area contributed by atoms with Gasteiger partial charge in [-0.25, -0.2) is 0 Å². The third kappa shape index (κ3) is 5.13. The number of hydrogen-bond acceptors (Lipinski definition) is 3. The fourth-order valence-electron chi connectivity index (χ4n) is 2.36. The van der Waals surface area contributed by atoms with Crippen LogP contribution in [0.5, 0.6) is 11.5 Å².